The van der Waals surface area contributed by atoms with E-state index in [1.54, 1.807) is 0 Å². The number of para-hydroxylation sites is 2. The van der Waals surface area contributed by atoms with E-state index < -0.39 is 0 Å². The number of nitrogens with zero attached hydrogens (tertiary/aromatic N) is 2. The van der Waals surface area contributed by atoms with E-state index in [4.69, 9.17) is 8.83 Å². The van der Waals surface area contributed by atoms with Gasteiger partial charge in [0, 0.05) is 50.4 Å². The Kier molecular flexibility index (Phi) is 11.1. The molecule has 0 aliphatic carbocycles. The number of rotatable bonds is 10. The Hall–Kier alpha value is -7.30. The Labute approximate surface area is 413 Å². The summed E-state index contributed by atoms with van der Waals surface area (Å²) in [5, 5.41) is 8.99. The molecular weight excluding hydrogens is 853 g/mol. The first-order chi connectivity index (χ1) is 33.6. The van der Waals surface area contributed by atoms with E-state index in [0.29, 0.717) is 23.7 Å². The summed E-state index contributed by atoms with van der Waals surface area (Å²) in [5.41, 5.74) is 20.9. The average Bonchev–Trinajstić information content (AvgIpc) is 3.86. The van der Waals surface area contributed by atoms with Crippen LogP contribution in [-0.2, 0) is 0 Å². The van der Waals surface area contributed by atoms with Crippen molar-refractivity contribution in [3.63, 3.8) is 0 Å². The van der Waals surface area contributed by atoms with Crippen LogP contribution in [0.25, 0.3) is 65.4 Å². The summed E-state index contributed by atoms with van der Waals surface area (Å²) in [6.07, 6.45) is 0. The summed E-state index contributed by atoms with van der Waals surface area (Å²) in [4.78, 5) is 4.96. The molecule has 4 nitrogen and oxygen atoms in total. The number of fused-ring (bicyclic) bond motifs is 8. The molecule has 350 valence electrons. The molecule has 0 aliphatic rings. The zero-order valence-electron chi connectivity index (χ0n) is 42.9. The molecular formula is C66H64N2O2. The van der Waals surface area contributed by atoms with Gasteiger partial charge >= 0.3 is 0 Å². The zero-order chi connectivity index (χ0) is 48.9. The van der Waals surface area contributed by atoms with E-state index in [0.717, 1.165) is 66.0 Å². The van der Waals surface area contributed by atoms with Gasteiger partial charge in [0.05, 0.1) is 11.4 Å². The summed E-state index contributed by atoms with van der Waals surface area (Å²) in [7, 11) is 0. The lowest BCUT2D eigenvalue weighted by Gasteiger charge is -2.32. The Balaban J connectivity index is 1.02. The standard InChI is InChI=1S/C66H64N2O2/c1-37(2)45-21-25-59(53(29-45)39(5)6)67(65-41(9)15-13-16-42(65)10)51-23-19-47-31-55-57-35-58-56-32-48-20-24-52(28-50(48)34-62(56)70-64(58)36-63(57)69-61(55)33-49(47)27-51)68(66-43(11)17-14-18-44(66)12)60-26-22-46(38(3)4)30-54(60)40(7)8/h13-40H,1-12H3. The molecule has 0 radical (unpaired) electrons. The number of furan rings is 2. The molecule has 9 aromatic carbocycles. The second kappa shape index (κ2) is 17.3. The highest BCUT2D eigenvalue weighted by molar-refractivity contribution is 6.18. The van der Waals surface area contributed by atoms with Gasteiger partial charge in [0.1, 0.15) is 22.3 Å². The smallest absolute Gasteiger partial charge is 0.139 e. The highest BCUT2D eigenvalue weighted by Crippen LogP contribution is 2.47. The van der Waals surface area contributed by atoms with Crippen molar-refractivity contribution in [2.75, 3.05) is 9.80 Å². The Morgan fingerprint density at radius 3 is 1.07 bits per heavy atom. The van der Waals surface area contributed by atoms with Crippen LogP contribution >= 0.6 is 0 Å². The monoisotopic (exact) mass is 916 g/mol. The molecule has 70 heavy (non-hydrogen) atoms. The van der Waals surface area contributed by atoms with Crippen LogP contribution in [-0.4, -0.2) is 0 Å². The molecule has 0 atom stereocenters. The Bertz CT molecular complexity index is 3570. The summed E-state index contributed by atoms with van der Waals surface area (Å²) < 4.78 is 13.5. The molecule has 0 fully saturated rings. The molecule has 0 saturated heterocycles. The maximum atomic E-state index is 6.75. The second-order valence-corrected chi connectivity index (χ2v) is 21.2. The maximum absolute atomic E-state index is 6.75. The van der Waals surface area contributed by atoms with Gasteiger partial charge in [-0.1, -0.05) is 128 Å². The number of benzene rings is 9. The third-order valence-electron chi connectivity index (χ3n) is 15.0. The molecule has 2 aromatic heterocycles. The number of hydrogen-bond acceptors (Lipinski definition) is 4. The van der Waals surface area contributed by atoms with Crippen LogP contribution in [0.1, 0.15) is 124 Å². The molecule has 0 aliphatic heterocycles. The van der Waals surface area contributed by atoms with Crippen LogP contribution in [0.5, 0.6) is 0 Å². The molecule has 0 bridgehead atoms. The SMILES string of the molecule is Cc1cccc(C)c1N(c1ccc2cc3c(cc2c1)oc1cc2oc4cc5cc(N(c6ccc(C(C)C)cc6C(C)C)c6c(C)cccc6C)ccc5cc4c2cc13)c1ccc(C(C)C)cc1C(C)C. The fraction of sp³-hybridized carbons (Fsp3) is 0.242. The lowest BCUT2D eigenvalue weighted by molar-refractivity contribution is 0.656. The number of hydrogen-bond donors (Lipinski definition) is 0. The summed E-state index contributed by atoms with van der Waals surface area (Å²) >= 11 is 0. The second-order valence-electron chi connectivity index (χ2n) is 21.2. The van der Waals surface area contributed by atoms with Crippen molar-refractivity contribution >= 4 is 99.5 Å². The summed E-state index contributed by atoms with van der Waals surface area (Å²) in [5.74, 6) is 1.60. The van der Waals surface area contributed by atoms with Crippen LogP contribution in [0.2, 0.25) is 0 Å². The third-order valence-corrected chi connectivity index (χ3v) is 15.0. The number of aryl methyl sites for hydroxylation is 4. The zero-order valence-corrected chi connectivity index (χ0v) is 42.9. The van der Waals surface area contributed by atoms with E-state index in [2.05, 4.69) is 238 Å². The lowest BCUT2D eigenvalue weighted by Crippen LogP contribution is -2.15. The van der Waals surface area contributed by atoms with Gasteiger partial charge in [-0.2, -0.15) is 0 Å². The third kappa shape index (κ3) is 7.60. The Morgan fingerprint density at radius 1 is 0.329 bits per heavy atom. The van der Waals surface area contributed by atoms with Gasteiger partial charge in [-0.25, -0.2) is 0 Å². The molecule has 0 amide bonds. The molecule has 0 spiro atoms. The van der Waals surface area contributed by atoms with Gasteiger partial charge in [-0.3, -0.25) is 0 Å². The van der Waals surface area contributed by atoms with Gasteiger partial charge in [-0.05, 0) is 184 Å². The van der Waals surface area contributed by atoms with Crippen molar-refractivity contribution in [3.8, 4) is 0 Å². The van der Waals surface area contributed by atoms with Crippen molar-refractivity contribution < 1.29 is 8.83 Å². The first kappa shape index (κ1) is 45.2. The maximum Gasteiger partial charge on any atom is 0.139 e. The molecule has 4 heteroatoms. The fourth-order valence-electron chi connectivity index (χ4n) is 11.1. The molecule has 11 aromatic rings. The minimum Gasteiger partial charge on any atom is -0.456 e. The largest absolute Gasteiger partial charge is 0.456 e. The summed E-state index contributed by atoms with van der Waals surface area (Å²) in [6, 6.07) is 54.5. The Morgan fingerprint density at radius 2 is 0.700 bits per heavy atom. The topological polar surface area (TPSA) is 32.8 Å². The van der Waals surface area contributed by atoms with E-state index in [1.807, 2.05) is 0 Å². The van der Waals surface area contributed by atoms with Crippen LogP contribution in [0.4, 0.5) is 34.1 Å². The molecule has 11 rings (SSSR count). The lowest BCUT2D eigenvalue weighted by atomic mass is 9.92. The van der Waals surface area contributed by atoms with Crippen molar-refractivity contribution in [2.24, 2.45) is 0 Å². The quantitative estimate of drug-likeness (QED) is 0.137. The average molecular weight is 917 g/mol. The van der Waals surface area contributed by atoms with Crippen molar-refractivity contribution in [3.05, 3.63) is 190 Å². The normalized spacial score (nSPS) is 12.2. The minimum absolute atomic E-state index is 0.349. The predicted molar refractivity (Wildman–Crippen MR) is 301 cm³/mol. The molecule has 0 unspecified atom stereocenters. The van der Waals surface area contributed by atoms with Crippen molar-refractivity contribution in [1.29, 1.82) is 0 Å². The minimum atomic E-state index is 0.349. The van der Waals surface area contributed by atoms with E-state index >= 15 is 0 Å². The van der Waals surface area contributed by atoms with Crippen molar-refractivity contribution in [2.45, 2.75) is 107 Å². The van der Waals surface area contributed by atoms with Gasteiger partial charge in [0.2, 0.25) is 0 Å². The molecule has 0 N–H and O–H groups in total. The highest BCUT2D eigenvalue weighted by Gasteiger charge is 2.25. The fourth-order valence-corrected chi connectivity index (χ4v) is 11.1. The van der Waals surface area contributed by atoms with Crippen LogP contribution in [0, 0.1) is 27.7 Å². The van der Waals surface area contributed by atoms with Crippen molar-refractivity contribution in [1.82, 2.24) is 0 Å². The van der Waals surface area contributed by atoms with Crippen LogP contribution in [0.3, 0.4) is 0 Å². The van der Waals surface area contributed by atoms with E-state index in [1.165, 1.54) is 78.0 Å². The van der Waals surface area contributed by atoms with Gasteiger partial charge < -0.3 is 18.6 Å². The van der Waals surface area contributed by atoms with Gasteiger partial charge in [-0.15, -0.1) is 0 Å². The van der Waals surface area contributed by atoms with Gasteiger partial charge in [0.15, 0.2) is 0 Å². The number of anilines is 6. The summed E-state index contributed by atoms with van der Waals surface area (Å²) in [6.45, 7) is 27.2. The van der Waals surface area contributed by atoms with Crippen LogP contribution in [0.15, 0.2) is 154 Å². The molecule has 0 saturated carbocycles. The highest BCUT2D eigenvalue weighted by atomic mass is 16.3. The van der Waals surface area contributed by atoms with Crippen LogP contribution < -0.4 is 9.80 Å². The predicted octanol–water partition coefficient (Wildman–Crippen LogP) is 20.5. The first-order valence-corrected chi connectivity index (χ1v) is 25.3. The van der Waals surface area contributed by atoms with E-state index in [-0.39, 0.29) is 0 Å². The first-order valence-electron chi connectivity index (χ1n) is 25.3. The van der Waals surface area contributed by atoms with Gasteiger partial charge in [0.25, 0.3) is 0 Å². The molecule has 2 heterocycles. The van der Waals surface area contributed by atoms with E-state index in [9.17, 15) is 0 Å².